The van der Waals surface area contributed by atoms with Crippen LogP contribution in [-0.4, -0.2) is 12.1 Å². The highest BCUT2D eigenvalue weighted by molar-refractivity contribution is 7.10. The van der Waals surface area contributed by atoms with Gasteiger partial charge in [0.15, 0.2) is 0 Å². The second kappa shape index (κ2) is 5.19. The number of hydrogen-bond donors (Lipinski definition) is 1. The molecule has 1 atom stereocenters. The summed E-state index contributed by atoms with van der Waals surface area (Å²) in [7, 11) is 1.63. The largest absolute Gasteiger partial charge is 0.480 e. The molecule has 0 bridgehead atoms. The van der Waals surface area contributed by atoms with Gasteiger partial charge in [-0.05, 0) is 43.0 Å². The van der Waals surface area contributed by atoms with Crippen LogP contribution in [0.2, 0.25) is 0 Å². The fourth-order valence-corrected chi connectivity index (χ4v) is 2.73. The lowest BCUT2D eigenvalue weighted by molar-refractivity contribution is 0.399. The van der Waals surface area contributed by atoms with Gasteiger partial charge in [-0.1, -0.05) is 0 Å². The van der Waals surface area contributed by atoms with Crippen molar-refractivity contribution in [3.8, 4) is 5.88 Å². The first-order valence-corrected chi connectivity index (χ1v) is 6.40. The molecule has 0 aliphatic rings. The number of ether oxygens (including phenoxy) is 1. The first-order chi connectivity index (χ1) is 8.22. The summed E-state index contributed by atoms with van der Waals surface area (Å²) < 4.78 is 5.22. The minimum absolute atomic E-state index is 0.257. The smallest absolute Gasteiger partial charge is 0.237 e. The third-order valence-electron chi connectivity index (χ3n) is 2.63. The Morgan fingerprint density at radius 2 is 2.24 bits per heavy atom. The second-order valence-electron chi connectivity index (χ2n) is 3.89. The van der Waals surface area contributed by atoms with Crippen LogP contribution < -0.4 is 10.1 Å². The molecule has 0 fully saturated rings. The Morgan fingerprint density at radius 3 is 2.88 bits per heavy atom. The van der Waals surface area contributed by atoms with E-state index < -0.39 is 0 Å². The fraction of sp³-hybridized carbons (Fsp3) is 0.308. The molecule has 2 aromatic rings. The van der Waals surface area contributed by atoms with Gasteiger partial charge >= 0.3 is 0 Å². The summed E-state index contributed by atoms with van der Waals surface area (Å²) in [5.74, 6) is 0.633. The molecule has 1 unspecified atom stereocenters. The molecule has 1 N–H and O–H groups in total. The van der Waals surface area contributed by atoms with Crippen LogP contribution in [0.3, 0.4) is 0 Å². The van der Waals surface area contributed by atoms with Crippen molar-refractivity contribution in [1.29, 1.82) is 0 Å². The molecule has 0 amide bonds. The highest BCUT2D eigenvalue weighted by atomic mass is 32.1. The summed E-state index contributed by atoms with van der Waals surface area (Å²) in [6, 6.07) is 6.27. The van der Waals surface area contributed by atoms with Crippen LogP contribution in [0.5, 0.6) is 5.88 Å². The van der Waals surface area contributed by atoms with E-state index in [0.29, 0.717) is 5.88 Å². The van der Waals surface area contributed by atoms with E-state index in [9.17, 15) is 0 Å². The van der Waals surface area contributed by atoms with Gasteiger partial charge in [-0.2, -0.15) is 0 Å². The Labute approximate surface area is 105 Å². The van der Waals surface area contributed by atoms with Crippen LogP contribution >= 0.6 is 11.3 Å². The molecule has 2 aromatic heterocycles. The van der Waals surface area contributed by atoms with Gasteiger partial charge in [-0.25, -0.2) is 4.98 Å². The molecule has 0 saturated heterocycles. The van der Waals surface area contributed by atoms with Crippen molar-refractivity contribution in [3.05, 3.63) is 40.2 Å². The Balaban J connectivity index is 2.18. The standard InChI is InChI=1S/C13H16N2OS/c1-9-6-8-17-12(9)10(2)15-11-5-4-7-14-13(11)16-3/h4-8,10,15H,1-3H3. The van der Waals surface area contributed by atoms with Crippen LogP contribution in [0.4, 0.5) is 5.69 Å². The highest BCUT2D eigenvalue weighted by Gasteiger charge is 2.12. The van der Waals surface area contributed by atoms with Crippen LogP contribution in [0, 0.1) is 6.92 Å². The van der Waals surface area contributed by atoms with E-state index in [0.717, 1.165) is 5.69 Å². The van der Waals surface area contributed by atoms with E-state index in [1.54, 1.807) is 24.6 Å². The predicted molar refractivity (Wildman–Crippen MR) is 71.9 cm³/mol. The van der Waals surface area contributed by atoms with E-state index in [1.165, 1.54) is 10.4 Å². The number of hydrogen-bond acceptors (Lipinski definition) is 4. The molecule has 0 aliphatic carbocycles. The molecule has 3 nitrogen and oxygen atoms in total. The maximum atomic E-state index is 5.22. The summed E-state index contributed by atoms with van der Waals surface area (Å²) in [4.78, 5) is 5.52. The summed E-state index contributed by atoms with van der Waals surface area (Å²) in [6.45, 7) is 4.27. The molecule has 0 radical (unpaired) electrons. The zero-order valence-electron chi connectivity index (χ0n) is 10.2. The summed E-state index contributed by atoms with van der Waals surface area (Å²) in [5, 5.41) is 5.54. The minimum Gasteiger partial charge on any atom is -0.480 e. The number of nitrogens with one attached hydrogen (secondary N) is 1. The number of anilines is 1. The SMILES string of the molecule is COc1ncccc1NC(C)c1sccc1C. The molecule has 4 heteroatoms. The van der Waals surface area contributed by atoms with Crippen LogP contribution in [0.1, 0.15) is 23.4 Å². The third kappa shape index (κ3) is 2.58. The van der Waals surface area contributed by atoms with Crippen molar-refractivity contribution in [2.24, 2.45) is 0 Å². The van der Waals surface area contributed by atoms with E-state index in [-0.39, 0.29) is 6.04 Å². The maximum absolute atomic E-state index is 5.22. The van der Waals surface area contributed by atoms with Crippen molar-refractivity contribution in [3.63, 3.8) is 0 Å². The minimum atomic E-state index is 0.257. The maximum Gasteiger partial charge on any atom is 0.237 e. The molecule has 90 valence electrons. The van der Waals surface area contributed by atoms with Gasteiger partial charge in [-0.3, -0.25) is 0 Å². The lowest BCUT2D eigenvalue weighted by Crippen LogP contribution is -2.07. The van der Waals surface area contributed by atoms with E-state index in [4.69, 9.17) is 4.74 Å². The Morgan fingerprint density at radius 1 is 1.41 bits per heavy atom. The number of thiophene rings is 1. The average molecular weight is 248 g/mol. The number of rotatable bonds is 4. The highest BCUT2D eigenvalue weighted by Crippen LogP contribution is 2.29. The molecular weight excluding hydrogens is 232 g/mol. The number of aromatic nitrogens is 1. The number of nitrogens with zero attached hydrogens (tertiary/aromatic N) is 1. The van der Waals surface area contributed by atoms with Crippen molar-refractivity contribution in [2.45, 2.75) is 19.9 Å². The van der Waals surface area contributed by atoms with Crippen molar-refractivity contribution < 1.29 is 4.74 Å². The molecule has 0 aliphatic heterocycles. The van der Waals surface area contributed by atoms with Gasteiger partial charge in [0.1, 0.15) is 0 Å². The Kier molecular flexibility index (Phi) is 3.64. The molecular formula is C13H16N2OS. The molecule has 0 spiro atoms. The zero-order chi connectivity index (χ0) is 12.3. The molecule has 0 aromatic carbocycles. The van der Waals surface area contributed by atoms with Crippen LogP contribution in [-0.2, 0) is 0 Å². The second-order valence-corrected chi connectivity index (χ2v) is 4.84. The molecule has 2 heterocycles. The van der Waals surface area contributed by atoms with Crippen molar-refractivity contribution in [2.75, 3.05) is 12.4 Å². The predicted octanol–water partition coefficient (Wildman–Crippen LogP) is 3.63. The first kappa shape index (κ1) is 11.9. The zero-order valence-corrected chi connectivity index (χ0v) is 11.0. The summed E-state index contributed by atoms with van der Waals surface area (Å²) in [6.07, 6.45) is 1.73. The van der Waals surface area contributed by atoms with Crippen LogP contribution in [0.25, 0.3) is 0 Å². The van der Waals surface area contributed by atoms with E-state index in [1.807, 2.05) is 12.1 Å². The van der Waals surface area contributed by atoms with Gasteiger partial charge in [0.25, 0.3) is 0 Å². The first-order valence-electron chi connectivity index (χ1n) is 5.52. The fourth-order valence-electron chi connectivity index (χ4n) is 1.79. The van der Waals surface area contributed by atoms with Crippen molar-refractivity contribution >= 4 is 17.0 Å². The quantitative estimate of drug-likeness (QED) is 0.897. The van der Waals surface area contributed by atoms with E-state index >= 15 is 0 Å². The third-order valence-corrected chi connectivity index (χ3v) is 3.83. The lowest BCUT2D eigenvalue weighted by Gasteiger charge is -2.16. The Hall–Kier alpha value is -1.55. The summed E-state index contributed by atoms with van der Waals surface area (Å²) >= 11 is 1.77. The van der Waals surface area contributed by atoms with Gasteiger partial charge in [-0.15, -0.1) is 11.3 Å². The van der Waals surface area contributed by atoms with Crippen LogP contribution in [0.15, 0.2) is 29.8 Å². The Bertz CT molecular complexity index is 496. The number of pyridine rings is 1. The van der Waals surface area contributed by atoms with Crippen molar-refractivity contribution in [1.82, 2.24) is 4.98 Å². The normalized spacial score (nSPS) is 12.2. The number of aryl methyl sites for hydroxylation is 1. The van der Waals surface area contributed by atoms with E-state index in [2.05, 4.69) is 35.6 Å². The summed E-state index contributed by atoms with van der Waals surface area (Å²) in [5.41, 5.74) is 2.24. The van der Waals surface area contributed by atoms with Gasteiger partial charge in [0.05, 0.1) is 18.8 Å². The monoisotopic (exact) mass is 248 g/mol. The molecule has 17 heavy (non-hydrogen) atoms. The number of methoxy groups -OCH3 is 1. The van der Waals surface area contributed by atoms with Gasteiger partial charge in [0.2, 0.25) is 5.88 Å². The topological polar surface area (TPSA) is 34.1 Å². The van der Waals surface area contributed by atoms with Gasteiger partial charge < -0.3 is 10.1 Å². The lowest BCUT2D eigenvalue weighted by atomic mass is 10.2. The van der Waals surface area contributed by atoms with Gasteiger partial charge in [0, 0.05) is 11.1 Å². The molecule has 2 rings (SSSR count). The molecule has 0 saturated carbocycles. The average Bonchev–Trinajstić information content (AvgIpc) is 2.76.